The summed E-state index contributed by atoms with van der Waals surface area (Å²) in [6, 6.07) is 4.99. The molecule has 0 aliphatic heterocycles. The zero-order valence-electron chi connectivity index (χ0n) is 11.9. The van der Waals surface area contributed by atoms with Crippen molar-refractivity contribution in [2.75, 3.05) is 0 Å². The standard InChI is InChI=1S/C15H19FN2OS/c1-15(2,3)18-7-11-5-4-6-13(16)14(11)19-8-12-9-20-10-17-12/h4-6,9-10,18H,7-8H2,1-3H3. The molecular weight excluding hydrogens is 275 g/mol. The molecule has 1 heterocycles. The van der Waals surface area contributed by atoms with E-state index in [1.807, 2.05) is 11.4 Å². The number of hydrogen-bond donors (Lipinski definition) is 1. The van der Waals surface area contributed by atoms with Crippen LogP contribution in [0.1, 0.15) is 32.0 Å². The second-order valence-electron chi connectivity index (χ2n) is 5.60. The molecule has 1 aromatic carbocycles. The van der Waals surface area contributed by atoms with Crippen molar-refractivity contribution < 1.29 is 9.13 Å². The summed E-state index contributed by atoms with van der Waals surface area (Å²) in [5.41, 5.74) is 3.34. The topological polar surface area (TPSA) is 34.1 Å². The summed E-state index contributed by atoms with van der Waals surface area (Å²) in [4.78, 5) is 4.13. The van der Waals surface area contributed by atoms with Crippen LogP contribution in [0, 0.1) is 5.82 Å². The number of nitrogens with zero attached hydrogens (tertiary/aromatic N) is 1. The number of ether oxygens (including phenoxy) is 1. The lowest BCUT2D eigenvalue weighted by Crippen LogP contribution is -2.35. The smallest absolute Gasteiger partial charge is 0.165 e. The highest BCUT2D eigenvalue weighted by molar-refractivity contribution is 7.07. The predicted molar refractivity (Wildman–Crippen MR) is 79.4 cm³/mol. The van der Waals surface area contributed by atoms with Gasteiger partial charge in [-0.2, -0.15) is 0 Å². The van der Waals surface area contributed by atoms with Gasteiger partial charge in [0.2, 0.25) is 0 Å². The van der Waals surface area contributed by atoms with Gasteiger partial charge in [0.05, 0.1) is 11.2 Å². The van der Waals surface area contributed by atoms with Crippen LogP contribution in [0.3, 0.4) is 0 Å². The van der Waals surface area contributed by atoms with Gasteiger partial charge in [0, 0.05) is 23.0 Å². The minimum atomic E-state index is -0.339. The molecule has 0 spiro atoms. The van der Waals surface area contributed by atoms with Gasteiger partial charge >= 0.3 is 0 Å². The van der Waals surface area contributed by atoms with Gasteiger partial charge in [0.1, 0.15) is 6.61 Å². The summed E-state index contributed by atoms with van der Waals surface area (Å²) in [7, 11) is 0. The fourth-order valence-electron chi connectivity index (χ4n) is 1.67. The van der Waals surface area contributed by atoms with Crippen molar-refractivity contribution in [2.45, 2.75) is 39.5 Å². The van der Waals surface area contributed by atoms with Crippen LogP contribution in [0.15, 0.2) is 29.1 Å². The molecule has 20 heavy (non-hydrogen) atoms. The molecule has 2 rings (SSSR count). The zero-order chi connectivity index (χ0) is 14.6. The Morgan fingerprint density at radius 1 is 1.35 bits per heavy atom. The van der Waals surface area contributed by atoms with Crippen LogP contribution in [0.2, 0.25) is 0 Å². The molecule has 0 fully saturated rings. The summed E-state index contributed by atoms with van der Waals surface area (Å²) in [5, 5.41) is 5.24. The van der Waals surface area contributed by atoms with Gasteiger partial charge in [-0.3, -0.25) is 0 Å². The van der Waals surface area contributed by atoms with Crippen LogP contribution in [-0.4, -0.2) is 10.5 Å². The van der Waals surface area contributed by atoms with Crippen molar-refractivity contribution in [3.8, 4) is 5.75 Å². The molecule has 3 nitrogen and oxygen atoms in total. The Bertz CT molecular complexity index is 549. The highest BCUT2D eigenvalue weighted by atomic mass is 32.1. The molecule has 0 radical (unpaired) electrons. The van der Waals surface area contributed by atoms with Crippen molar-refractivity contribution in [3.05, 3.63) is 46.2 Å². The molecule has 0 saturated carbocycles. The monoisotopic (exact) mass is 294 g/mol. The molecule has 0 atom stereocenters. The maximum Gasteiger partial charge on any atom is 0.165 e. The number of hydrogen-bond acceptors (Lipinski definition) is 4. The van der Waals surface area contributed by atoms with Crippen LogP contribution >= 0.6 is 11.3 Å². The van der Waals surface area contributed by atoms with Crippen LogP contribution in [0.5, 0.6) is 5.75 Å². The molecule has 0 bridgehead atoms. The summed E-state index contributed by atoms with van der Waals surface area (Å²) in [6.45, 7) is 7.06. The lowest BCUT2D eigenvalue weighted by Gasteiger charge is -2.21. The number of rotatable bonds is 5. The Hall–Kier alpha value is -1.46. The van der Waals surface area contributed by atoms with E-state index in [9.17, 15) is 4.39 Å². The third-order valence-electron chi connectivity index (χ3n) is 2.71. The highest BCUT2D eigenvalue weighted by Crippen LogP contribution is 2.24. The van der Waals surface area contributed by atoms with Crippen LogP contribution in [0.25, 0.3) is 0 Å². The van der Waals surface area contributed by atoms with E-state index in [1.165, 1.54) is 17.4 Å². The summed E-state index contributed by atoms with van der Waals surface area (Å²) in [6.07, 6.45) is 0. The van der Waals surface area contributed by atoms with E-state index >= 15 is 0 Å². The molecule has 0 aliphatic carbocycles. The number of para-hydroxylation sites is 1. The quantitative estimate of drug-likeness (QED) is 0.912. The van der Waals surface area contributed by atoms with E-state index in [2.05, 4.69) is 31.1 Å². The number of thiazole rings is 1. The van der Waals surface area contributed by atoms with Gasteiger partial charge in [-0.15, -0.1) is 11.3 Å². The predicted octanol–water partition coefficient (Wildman–Crippen LogP) is 3.75. The lowest BCUT2D eigenvalue weighted by molar-refractivity contribution is 0.281. The summed E-state index contributed by atoms with van der Waals surface area (Å²) < 4.78 is 19.5. The molecule has 2 aromatic rings. The Morgan fingerprint density at radius 2 is 2.15 bits per heavy atom. The Morgan fingerprint density at radius 3 is 2.80 bits per heavy atom. The van der Waals surface area contributed by atoms with Gasteiger partial charge < -0.3 is 10.1 Å². The highest BCUT2D eigenvalue weighted by Gasteiger charge is 2.14. The number of nitrogens with one attached hydrogen (secondary N) is 1. The lowest BCUT2D eigenvalue weighted by atomic mass is 10.1. The first-order valence-corrected chi connectivity index (χ1v) is 7.42. The molecule has 1 aromatic heterocycles. The minimum Gasteiger partial charge on any atom is -0.484 e. The van der Waals surface area contributed by atoms with Crippen LogP contribution in [-0.2, 0) is 13.2 Å². The average molecular weight is 294 g/mol. The second-order valence-corrected chi connectivity index (χ2v) is 6.32. The molecule has 0 aliphatic rings. The molecular formula is C15H19FN2OS. The summed E-state index contributed by atoms with van der Waals surface area (Å²) in [5.74, 6) is -0.0364. The fourth-order valence-corrected chi connectivity index (χ4v) is 2.21. The molecule has 5 heteroatoms. The Labute approximate surface area is 122 Å². The van der Waals surface area contributed by atoms with Gasteiger partial charge in [-0.25, -0.2) is 9.37 Å². The first-order chi connectivity index (χ1) is 9.46. The third-order valence-corrected chi connectivity index (χ3v) is 3.34. The van der Waals surface area contributed by atoms with Crippen molar-refractivity contribution >= 4 is 11.3 Å². The van der Waals surface area contributed by atoms with E-state index < -0.39 is 0 Å². The number of benzene rings is 1. The fraction of sp³-hybridized carbons (Fsp3) is 0.400. The molecule has 0 amide bonds. The largest absolute Gasteiger partial charge is 0.484 e. The number of halogens is 1. The van der Waals surface area contributed by atoms with Gasteiger partial charge in [0.15, 0.2) is 11.6 Å². The van der Waals surface area contributed by atoms with Crippen LogP contribution in [0.4, 0.5) is 4.39 Å². The maximum atomic E-state index is 13.9. The van der Waals surface area contributed by atoms with Crippen molar-refractivity contribution in [1.29, 1.82) is 0 Å². The van der Waals surface area contributed by atoms with Crippen molar-refractivity contribution in [1.82, 2.24) is 10.3 Å². The Balaban J connectivity index is 2.09. The van der Waals surface area contributed by atoms with E-state index in [4.69, 9.17) is 4.74 Å². The minimum absolute atomic E-state index is 0.0293. The molecule has 0 saturated heterocycles. The van der Waals surface area contributed by atoms with Gasteiger partial charge in [-0.05, 0) is 26.8 Å². The third kappa shape index (κ3) is 4.28. The van der Waals surface area contributed by atoms with E-state index in [1.54, 1.807) is 11.6 Å². The van der Waals surface area contributed by atoms with E-state index in [0.29, 0.717) is 12.3 Å². The average Bonchev–Trinajstić information content (AvgIpc) is 2.87. The summed E-state index contributed by atoms with van der Waals surface area (Å²) >= 11 is 1.50. The number of aromatic nitrogens is 1. The first kappa shape index (κ1) is 14.9. The zero-order valence-corrected chi connectivity index (χ0v) is 12.8. The maximum absolute atomic E-state index is 13.9. The molecule has 1 N–H and O–H groups in total. The second kappa shape index (κ2) is 6.33. The van der Waals surface area contributed by atoms with E-state index in [-0.39, 0.29) is 18.0 Å². The van der Waals surface area contributed by atoms with Gasteiger partial charge in [-0.1, -0.05) is 12.1 Å². The SMILES string of the molecule is CC(C)(C)NCc1cccc(F)c1OCc1cscn1. The van der Waals surface area contributed by atoms with Crippen molar-refractivity contribution in [2.24, 2.45) is 0 Å². The Kier molecular flexibility index (Phi) is 4.73. The molecule has 108 valence electrons. The molecule has 0 unspecified atom stereocenters. The van der Waals surface area contributed by atoms with Crippen molar-refractivity contribution in [3.63, 3.8) is 0 Å². The van der Waals surface area contributed by atoms with Crippen LogP contribution < -0.4 is 10.1 Å². The normalized spacial score (nSPS) is 11.6. The van der Waals surface area contributed by atoms with E-state index in [0.717, 1.165) is 11.3 Å². The van der Waals surface area contributed by atoms with Gasteiger partial charge in [0.25, 0.3) is 0 Å². The first-order valence-electron chi connectivity index (χ1n) is 6.48.